The maximum atomic E-state index is 6.09. The first-order valence-electron chi connectivity index (χ1n) is 7.33. The summed E-state index contributed by atoms with van der Waals surface area (Å²) in [5, 5.41) is 0. The molecule has 1 unspecified atom stereocenters. The molecular weight excluding hydrogens is 248 g/mol. The molecule has 0 aliphatic carbocycles. The molecule has 0 N–H and O–H groups in total. The highest BCUT2D eigenvalue weighted by molar-refractivity contribution is 6.30. The van der Waals surface area contributed by atoms with E-state index in [4.69, 9.17) is 4.43 Å². The predicted molar refractivity (Wildman–Crippen MR) is 87.2 cm³/mol. The molecule has 0 aromatic heterocycles. The van der Waals surface area contributed by atoms with Gasteiger partial charge in [-0.1, -0.05) is 71.9 Å². The van der Waals surface area contributed by atoms with Crippen LogP contribution >= 0.6 is 0 Å². The van der Waals surface area contributed by atoms with Crippen molar-refractivity contribution in [2.45, 2.75) is 53.5 Å². The summed E-state index contributed by atoms with van der Waals surface area (Å²) in [5.74, 6) is 0. The molecule has 0 fully saturated rings. The predicted octanol–water partition coefficient (Wildman–Crippen LogP) is 4.31. The summed E-state index contributed by atoms with van der Waals surface area (Å²) in [6, 6.07) is 10.9. The van der Waals surface area contributed by atoms with Crippen LogP contribution in [0.25, 0.3) is 0 Å². The molecule has 1 rings (SSSR count). The standard InChI is InChI=1S/C17H30OSi/c1-16(2,3)12-13-18-19-15(17(4,5)6)14-10-8-7-9-11-14/h7-11,15H,12-13,19H2,1-6H3. The molecule has 0 aliphatic rings. The molecule has 0 saturated carbocycles. The highest BCUT2D eigenvalue weighted by Gasteiger charge is 2.27. The summed E-state index contributed by atoms with van der Waals surface area (Å²) >= 11 is 0. The molecule has 1 nitrogen and oxygen atoms in total. The van der Waals surface area contributed by atoms with Gasteiger partial charge in [-0.2, -0.15) is 0 Å². The van der Waals surface area contributed by atoms with E-state index in [-0.39, 0.29) is 5.41 Å². The monoisotopic (exact) mass is 278 g/mol. The highest BCUT2D eigenvalue weighted by atomic mass is 28.2. The van der Waals surface area contributed by atoms with E-state index in [2.05, 4.69) is 71.9 Å². The summed E-state index contributed by atoms with van der Waals surface area (Å²) in [6.07, 6.45) is 1.14. The zero-order valence-electron chi connectivity index (χ0n) is 13.5. The fourth-order valence-electron chi connectivity index (χ4n) is 2.11. The third-order valence-electron chi connectivity index (χ3n) is 3.53. The summed E-state index contributed by atoms with van der Waals surface area (Å²) in [7, 11) is -0.546. The Morgan fingerprint density at radius 1 is 1.00 bits per heavy atom. The van der Waals surface area contributed by atoms with Gasteiger partial charge in [0, 0.05) is 12.1 Å². The Morgan fingerprint density at radius 2 is 1.58 bits per heavy atom. The van der Waals surface area contributed by atoms with E-state index < -0.39 is 9.76 Å². The first-order chi connectivity index (χ1) is 8.70. The zero-order valence-corrected chi connectivity index (χ0v) is 14.9. The lowest BCUT2D eigenvalue weighted by atomic mass is 9.87. The third-order valence-corrected chi connectivity index (χ3v) is 6.08. The average molecular weight is 279 g/mol. The van der Waals surface area contributed by atoms with Gasteiger partial charge in [-0.3, -0.25) is 0 Å². The molecule has 1 atom stereocenters. The quantitative estimate of drug-likeness (QED) is 0.576. The van der Waals surface area contributed by atoms with Crippen molar-refractivity contribution in [1.29, 1.82) is 0 Å². The highest BCUT2D eigenvalue weighted by Crippen LogP contribution is 2.34. The van der Waals surface area contributed by atoms with Gasteiger partial charge < -0.3 is 4.43 Å². The number of benzene rings is 1. The van der Waals surface area contributed by atoms with Crippen LogP contribution in [0.2, 0.25) is 0 Å². The van der Waals surface area contributed by atoms with Crippen LogP contribution in [0, 0.1) is 10.8 Å². The SMILES string of the molecule is CC(C)(C)CCO[SiH2]C(c1ccccc1)C(C)(C)C. The Hall–Kier alpha value is -0.603. The van der Waals surface area contributed by atoms with Crippen LogP contribution in [0.15, 0.2) is 30.3 Å². The molecule has 0 bridgehead atoms. The van der Waals surface area contributed by atoms with Gasteiger partial charge in [0.15, 0.2) is 9.76 Å². The number of rotatable bonds is 5. The van der Waals surface area contributed by atoms with E-state index in [0.717, 1.165) is 13.0 Å². The average Bonchev–Trinajstić information content (AvgIpc) is 2.26. The van der Waals surface area contributed by atoms with Crippen LogP contribution in [0.1, 0.15) is 59.1 Å². The Labute approximate surface area is 121 Å². The lowest BCUT2D eigenvalue weighted by Gasteiger charge is -2.31. The van der Waals surface area contributed by atoms with Crippen LogP contribution in [-0.4, -0.2) is 16.4 Å². The van der Waals surface area contributed by atoms with Crippen molar-refractivity contribution in [2.24, 2.45) is 10.8 Å². The normalized spacial score (nSPS) is 15.1. The van der Waals surface area contributed by atoms with Gasteiger partial charge in [0.25, 0.3) is 0 Å². The van der Waals surface area contributed by atoms with Gasteiger partial charge in [0.1, 0.15) is 0 Å². The van der Waals surface area contributed by atoms with Gasteiger partial charge in [-0.05, 0) is 22.8 Å². The molecular formula is C17H30OSi. The summed E-state index contributed by atoms with van der Waals surface area (Å²) in [4.78, 5) is 0. The molecule has 0 aliphatic heterocycles. The molecule has 1 aromatic rings. The van der Waals surface area contributed by atoms with Gasteiger partial charge >= 0.3 is 0 Å². The number of hydrogen-bond acceptors (Lipinski definition) is 1. The maximum absolute atomic E-state index is 6.09. The zero-order chi connectivity index (χ0) is 14.5. The minimum absolute atomic E-state index is 0.287. The van der Waals surface area contributed by atoms with E-state index in [1.807, 2.05) is 0 Å². The lowest BCUT2D eigenvalue weighted by Crippen LogP contribution is -2.26. The fraction of sp³-hybridized carbons (Fsp3) is 0.647. The Balaban J connectivity index is 2.58. The Morgan fingerprint density at radius 3 is 2.05 bits per heavy atom. The van der Waals surface area contributed by atoms with Gasteiger partial charge in [0.05, 0.1) is 0 Å². The molecule has 108 valence electrons. The molecule has 0 amide bonds. The van der Waals surface area contributed by atoms with E-state index >= 15 is 0 Å². The largest absolute Gasteiger partial charge is 0.423 e. The maximum Gasteiger partial charge on any atom is 0.169 e. The van der Waals surface area contributed by atoms with Crippen LogP contribution in [0.4, 0.5) is 0 Å². The van der Waals surface area contributed by atoms with Crippen LogP contribution < -0.4 is 0 Å². The molecule has 0 saturated heterocycles. The van der Waals surface area contributed by atoms with Gasteiger partial charge in [0.2, 0.25) is 0 Å². The van der Waals surface area contributed by atoms with Crippen LogP contribution in [0.3, 0.4) is 0 Å². The van der Waals surface area contributed by atoms with Crippen molar-refractivity contribution in [2.75, 3.05) is 6.61 Å². The molecule has 0 heterocycles. The summed E-state index contributed by atoms with van der Waals surface area (Å²) < 4.78 is 6.09. The minimum atomic E-state index is -0.546. The minimum Gasteiger partial charge on any atom is -0.423 e. The molecule has 2 heteroatoms. The van der Waals surface area contributed by atoms with Crippen molar-refractivity contribution in [1.82, 2.24) is 0 Å². The molecule has 0 radical (unpaired) electrons. The van der Waals surface area contributed by atoms with E-state index in [9.17, 15) is 0 Å². The summed E-state index contributed by atoms with van der Waals surface area (Å²) in [6.45, 7) is 14.7. The van der Waals surface area contributed by atoms with Crippen molar-refractivity contribution < 1.29 is 4.43 Å². The second-order valence-corrected chi connectivity index (χ2v) is 9.27. The third kappa shape index (κ3) is 6.39. The molecule has 19 heavy (non-hydrogen) atoms. The van der Waals surface area contributed by atoms with Crippen molar-refractivity contribution in [3.8, 4) is 0 Å². The van der Waals surface area contributed by atoms with E-state index in [1.165, 1.54) is 5.56 Å². The summed E-state index contributed by atoms with van der Waals surface area (Å²) in [5.41, 5.74) is 2.69. The fourth-order valence-corrected chi connectivity index (χ4v) is 3.62. The molecule has 0 spiro atoms. The smallest absolute Gasteiger partial charge is 0.169 e. The first-order valence-corrected chi connectivity index (χ1v) is 8.72. The Bertz CT molecular complexity index is 359. The van der Waals surface area contributed by atoms with Crippen molar-refractivity contribution >= 4 is 9.76 Å². The van der Waals surface area contributed by atoms with Crippen molar-refractivity contribution in [3.63, 3.8) is 0 Å². The van der Waals surface area contributed by atoms with Crippen molar-refractivity contribution in [3.05, 3.63) is 35.9 Å². The van der Waals surface area contributed by atoms with Gasteiger partial charge in [-0.15, -0.1) is 0 Å². The van der Waals surface area contributed by atoms with E-state index in [0.29, 0.717) is 11.0 Å². The second kappa shape index (κ2) is 6.71. The lowest BCUT2D eigenvalue weighted by molar-refractivity contribution is 0.239. The number of hydrogen-bond donors (Lipinski definition) is 0. The second-order valence-electron chi connectivity index (χ2n) is 7.71. The van der Waals surface area contributed by atoms with Crippen LogP contribution in [0.5, 0.6) is 0 Å². The first kappa shape index (κ1) is 16.5. The van der Waals surface area contributed by atoms with Crippen LogP contribution in [-0.2, 0) is 4.43 Å². The topological polar surface area (TPSA) is 9.23 Å². The van der Waals surface area contributed by atoms with E-state index in [1.54, 1.807) is 0 Å². The van der Waals surface area contributed by atoms with Gasteiger partial charge in [-0.25, -0.2) is 0 Å². The Kier molecular flexibility index (Phi) is 5.81. The molecule has 1 aromatic carbocycles.